The van der Waals surface area contributed by atoms with E-state index in [0.717, 1.165) is 4.31 Å². The second kappa shape index (κ2) is 4.48. The summed E-state index contributed by atoms with van der Waals surface area (Å²) in [5, 5.41) is 3.05. The van der Waals surface area contributed by atoms with Crippen LogP contribution in [0.25, 0.3) is 0 Å². The van der Waals surface area contributed by atoms with Crippen LogP contribution in [0.15, 0.2) is 18.3 Å². The maximum atomic E-state index is 12.0. The van der Waals surface area contributed by atoms with E-state index in [-0.39, 0.29) is 12.5 Å². The zero-order valence-corrected chi connectivity index (χ0v) is 12.0. The van der Waals surface area contributed by atoms with E-state index in [1.807, 2.05) is 6.92 Å². The molecule has 1 saturated heterocycles. The molecule has 0 bridgehead atoms. The lowest BCUT2D eigenvalue weighted by atomic mass is 10.1. The van der Waals surface area contributed by atoms with Crippen LogP contribution < -0.4 is 5.32 Å². The topological polar surface area (TPSA) is 79.4 Å². The molecule has 1 fully saturated rings. The monoisotopic (exact) mass is 283 g/mol. The molecule has 1 aliphatic rings. The van der Waals surface area contributed by atoms with Gasteiger partial charge in [-0.3, -0.25) is 4.79 Å². The van der Waals surface area contributed by atoms with Gasteiger partial charge in [0, 0.05) is 18.3 Å². The summed E-state index contributed by atoms with van der Waals surface area (Å²) in [7, 11) is -3.55. The Labute approximate surface area is 112 Å². The number of pyridine rings is 1. The van der Waals surface area contributed by atoms with Gasteiger partial charge in [-0.05, 0) is 26.8 Å². The highest BCUT2D eigenvalue weighted by molar-refractivity contribution is 7.94. The quantitative estimate of drug-likeness (QED) is 0.890. The lowest BCUT2D eigenvalue weighted by Gasteiger charge is -2.43. The fourth-order valence-electron chi connectivity index (χ4n) is 1.96. The van der Waals surface area contributed by atoms with Gasteiger partial charge in [0.05, 0.1) is 6.54 Å². The van der Waals surface area contributed by atoms with E-state index in [1.165, 1.54) is 13.8 Å². The lowest BCUT2D eigenvalue weighted by molar-refractivity contribution is -0.132. The smallest absolute Gasteiger partial charge is 0.259 e. The van der Waals surface area contributed by atoms with Gasteiger partial charge in [-0.1, -0.05) is 6.07 Å². The van der Waals surface area contributed by atoms with Crippen molar-refractivity contribution in [3.8, 4) is 0 Å². The number of nitrogens with one attached hydrogen (secondary N) is 1. The summed E-state index contributed by atoms with van der Waals surface area (Å²) >= 11 is 0. The van der Waals surface area contributed by atoms with Gasteiger partial charge in [0.25, 0.3) is 15.9 Å². The average molecular weight is 283 g/mol. The lowest BCUT2D eigenvalue weighted by Crippen LogP contribution is -2.66. The molecule has 0 aromatic carbocycles. The van der Waals surface area contributed by atoms with Crippen LogP contribution in [0.5, 0.6) is 0 Å². The van der Waals surface area contributed by atoms with Gasteiger partial charge in [0.1, 0.15) is 5.82 Å². The number of hydrogen-bond donors (Lipinski definition) is 1. The van der Waals surface area contributed by atoms with Gasteiger partial charge >= 0.3 is 0 Å². The number of aromatic nitrogens is 1. The highest BCUT2D eigenvalue weighted by atomic mass is 32.2. The Balaban J connectivity index is 2.27. The van der Waals surface area contributed by atoms with Crippen molar-refractivity contribution in [2.45, 2.75) is 32.1 Å². The van der Waals surface area contributed by atoms with Crippen LogP contribution in [0.3, 0.4) is 0 Å². The number of carbonyl (C=O) groups excluding carboxylic acids is 1. The predicted octanol–water partition coefficient (Wildman–Crippen LogP) is 0.964. The standard InChI is InChI=1S/C12H17N3O3S/c1-4-13-10-9(6-5-7-14-10)8-15-11(16)12(2,3)19(15,17)18/h5-7H,4,8H2,1-3H3,(H,13,14). The summed E-state index contributed by atoms with van der Waals surface area (Å²) < 4.78 is 23.6. The molecule has 7 heteroatoms. The fourth-order valence-corrected chi connectivity index (χ4v) is 3.47. The summed E-state index contributed by atoms with van der Waals surface area (Å²) in [5.74, 6) is 0.233. The third-order valence-electron chi connectivity index (χ3n) is 3.23. The molecular weight excluding hydrogens is 266 g/mol. The van der Waals surface area contributed by atoms with E-state index in [2.05, 4.69) is 10.3 Å². The number of anilines is 1. The summed E-state index contributed by atoms with van der Waals surface area (Å²) in [6.45, 7) is 5.48. The number of rotatable bonds is 4. The fraction of sp³-hybridized carbons (Fsp3) is 0.500. The van der Waals surface area contributed by atoms with Crippen LogP contribution in [0.1, 0.15) is 26.3 Å². The maximum Gasteiger partial charge on any atom is 0.259 e. The van der Waals surface area contributed by atoms with Crippen molar-refractivity contribution in [1.29, 1.82) is 0 Å². The third-order valence-corrected chi connectivity index (χ3v) is 5.57. The number of carbonyl (C=O) groups is 1. The molecule has 2 rings (SSSR count). The Kier molecular flexibility index (Phi) is 3.25. The minimum absolute atomic E-state index is 0.0285. The van der Waals surface area contributed by atoms with Crippen molar-refractivity contribution in [3.63, 3.8) is 0 Å². The normalized spacial score (nSPS) is 19.9. The van der Waals surface area contributed by atoms with E-state index in [1.54, 1.807) is 18.3 Å². The number of hydrogen-bond acceptors (Lipinski definition) is 5. The van der Waals surface area contributed by atoms with Gasteiger partial charge in [-0.25, -0.2) is 17.7 Å². The highest BCUT2D eigenvalue weighted by Crippen LogP contribution is 2.36. The molecule has 0 aliphatic carbocycles. The van der Waals surface area contributed by atoms with E-state index >= 15 is 0 Å². The first kappa shape index (κ1) is 13.8. The first-order valence-electron chi connectivity index (χ1n) is 6.07. The average Bonchev–Trinajstić information content (AvgIpc) is 2.36. The SMILES string of the molecule is CCNc1ncccc1CN1C(=O)C(C)(C)S1(=O)=O. The maximum absolute atomic E-state index is 12.0. The van der Waals surface area contributed by atoms with Crippen molar-refractivity contribution in [2.24, 2.45) is 0 Å². The van der Waals surface area contributed by atoms with E-state index in [4.69, 9.17) is 0 Å². The Morgan fingerprint density at radius 2 is 2.11 bits per heavy atom. The van der Waals surface area contributed by atoms with Crippen molar-refractivity contribution in [3.05, 3.63) is 23.9 Å². The molecule has 2 heterocycles. The van der Waals surface area contributed by atoms with Crippen LogP contribution in [0, 0.1) is 0 Å². The van der Waals surface area contributed by atoms with Gasteiger partial charge in [0.15, 0.2) is 4.75 Å². The third kappa shape index (κ3) is 1.98. The van der Waals surface area contributed by atoms with E-state index in [0.29, 0.717) is 17.9 Å². The van der Waals surface area contributed by atoms with Crippen molar-refractivity contribution in [2.75, 3.05) is 11.9 Å². The number of nitrogens with zero attached hydrogens (tertiary/aromatic N) is 2. The number of sulfonamides is 1. The second-order valence-electron chi connectivity index (χ2n) is 4.87. The molecule has 0 saturated carbocycles. The molecule has 1 aliphatic heterocycles. The van der Waals surface area contributed by atoms with E-state index in [9.17, 15) is 13.2 Å². The molecule has 0 radical (unpaired) electrons. The Hall–Kier alpha value is -1.63. The van der Waals surface area contributed by atoms with Crippen molar-refractivity contribution < 1.29 is 13.2 Å². The zero-order chi connectivity index (χ0) is 14.3. The summed E-state index contributed by atoms with van der Waals surface area (Å²) in [5.41, 5.74) is 0.691. The Morgan fingerprint density at radius 1 is 1.42 bits per heavy atom. The van der Waals surface area contributed by atoms with Crippen molar-refractivity contribution >= 4 is 21.7 Å². The van der Waals surface area contributed by atoms with Crippen LogP contribution in [0.2, 0.25) is 0 Å². The predicted molar refractivity (Wildman–Crippen MR) is 71.9 cm³/mol. The molecule has 1 aromatic rings. The summed E-state index contributed by atoms with van der Waals surface area (Å²) in [6.07, 6.45) is 1.62. The van der Waals surface area contributed by atoms with E-state index < -0.39 is 14.8 Å². The first-order chi connectivity index (χ1) is 8.82. The van der Waals surface area contributed by atoms with Gasteiger partial charge < -0.3 is 5.32 Å². The number of amides is 1. The van der Waals surface area contributed by atoms with Gasteiger partial charge in [0.2, 0.25) is 0 Å². The first-order valence-corrected chi connectivity index (χ1v) is 7.51. The molecule has 0 spiro atoms. The van der Waals surface area contributed by atoms with Crippen LogP contribution in [-0.4, -0.2) is 34.9 Å². The summed E-state index contributed by atoms with van der Waals surface area (Å²) in [6, 6.07) is 3.48. The molecule has 1 aromatic heterocycles. The second-order valence-corrected chi connectivity index (χ2v) is 7.28. The minimum Gasteiger partial charge on any atom is -0.370 e. The van der Waals surface area contributed by atoms with Crippen LogP contribution in [0.4, 0.5) is 5.82 Å². The minimum atomic E-state index is -3.55. The molecule has 19 heavy (non-hydrogen) atoms. The molecule has 0 unspecified atom stereocenters. The molecule has 1 amide bonds. The highest BCUT2D eigenvalue weighted by Gasteiger charge is 2.59. The molecule has 1 N–H and O–H groups in total. The Bertz CT molecular complexity index is 610. The Morgan fingerprint density at radius 3 is 2.68 bits per heavy atom. The largest absolute Gasteiger partial charge is 0.370 e. The van der Waals surface area contributed by atoms with Crippen molar-refractivity contribution in [1.82, 2.24) is 9.29 Å². The summed E-state index contributed by atoms with van der Waals surface area (Å²) in [4.78, 5) is 16.0. The zero-order valence-electron chi connectivity index (χ0n) is 11.2. The molecule has 6 nitrogen and oxygen atoms in total. The van der Waals surface area contributed by atoms with Gasteiger partial charge in [-0.15, -0.1) is 0 Å². The molecule has 0 atom stereocenters. The molecular formula is C12H17N3O3S. The van der Waals surface area contributed by atoms with Crippen LogP contribution in [-0.2, 0) is 21.4 Å². The van der Waals surface area contributed by atoms with Gasteiger partial charge in [-0.2, -0.15) is 0 Å². The van der Waals surface area contributed by atoms with Crippen LogP contribution >= 0.6 is 0 Å². The molecule has 104 valence electrons.